The van der Waals surface area contributed by atoms with Crippen LogP contribution in [0.25, 0.3) is 0 Å². The lowest BCUT2D eigenvalue weighted by molar-refractivity contribution is 0.0203. The summed E-state index contributed by atoms with van der Waals surface area (Å²) in [6.45, 7) is 5.37. The highest BCUT2D eigenvalue weighted by Crippen LogP contribution is 2.16. The first-order valence-electron chi connectivity index (χ1n) is 9.26. The molecular weight excluding hydrogens is 354 g/mol. The molecule has 1 heterocycles. The number of nitrogens with zero attached hydrogens (tertiary/aromatic N) is 1. The lowest BCUT2D eigenvalue weighted by Gasteiger charge is -2.21. The van der Waals surface area contributed by atoms with Crippen LogP contribution in [0.3, 0.4) is 0 Å². The first-order chi connectivity index (χ1) is 12.8. The topological polar surface area (TPSA) is 64.1 Å². The van der Waals surface area contributed by atoms with Crippen molar-refractivity contribution in [3.63, 3.8) is 0 Å². The van der Waals surface area contributed by atoms with E-state index >= 15 is 0 Å². The van der Waals surface area contributed by atoms with Crippen LogP contribution >= 0.6 is 11.6 Å². The van der Waals surface area contributed by atoms with E-state index in [9.17, 15) is 0 Å². The maximum atomic E-state index is 5.93. The Balaban J connectivity index is 1.47. The number of halogens is 1. The Morgan fingerprint density at radius 1 is 1.23 bits per heavy atom. The molecule has 1 saturated heterocycles. The van der Waals surface area contributed by atoms with Gasteiger partial charge in [0.25, 0.3) is 0 Å². The van der Waals surface area contributed by atoms with Crippen molar-refractivity contribution in [2.24, 2.45) is 10.9 Å². The Morgan fingerprint density at radius 2 is 2.04 bits per heavy atom. The van der Waals surface area contributed by atoms with Crippen LogP contribution in [0.2, 0.25) is 5.02 Å². The summed E-state index contributed by atoms with van der Waals surface area (Å²) in [5, 5.41) is 7.17. The molecule has 0 radical (unpaired) electrons. The molecule has 0 saturated carbocycles. The van der Waals surface area contributed by atoms with E-state index in [-0.39, 0.29) is 0 Å². The zero-order valence-corrected chi connectivity index (χ0v) is 16.3. The van der Waals surface area contributed by atoms with Gasteiger partial charge in [-0.3, -0.25) is 4.99 Å². The molecule has 26 heavy (non-hydrogen) atoms. The Kier molecular flexibility index (Phi) is 10.2. The Labute approximate surface area is 161 Å². The summed E-state index contributed by atoms with van der Waals surface area (Å²) in [5.41, 5.74) is 0. The van der Waals surface area contributed by atoms with Gasteiger partial charge in [-0.05, 0) is 43.4 Å². The first-order valence-corrected chi connectivity index (χ1v) is 9.64. The zero-order valence-electron chi connectivity index (χ0n) is 15.5. The van der Waals surface area contributed by atoms with Crippen molar-refractivity contribution in [1.82, 2.24) is 10.6 Å². The molecule has 1 fully saturated rings. The number of rotatable bonds is 10. The Hall–Kier alpha value is -1.50. The molecule has 0 aliphatic carbocycles. The number of hydrogen-bond acceptors (Lipinski definition) is 4. The standard InChI is InChI=1S/C19H30ClN3O3/c1-21-19(23-9-13-26-18-5-2-4-17(20)14-18)22-8-3-10-25-15-16-6-11-24-12-7-16/h2,4-5,14,16H,3,6-13,15H2,1H3,(H2,21,22,23). The number of benzene rings is 1. The van der Waals surface area contributed by atoms with Gasteiger partial charge in [-0.25, -0.2) is 0 Å². The van der Waals surface area contributed by atoms with Crippen LogP contribution in [0.5, 0.6) is 5.75 Å². The minimum absolute atomic E-state index is 0.537. The second-order valence-electron chi connectivity index (χ2n) is 6.22. The molecule has 1 aliphatic heterocycles. The van der Waals surface area contributed by atoms with Gasteiger partial charge in [-0.2, -0.15) is 0 Å². The van der Waals surface area contributed by atoms with Crippen molar-refractivity contribution in [3.8, 4) is 5.75 Å². The molecule has 146 valence electrons. The molecule has 0 unspecified atom stereocenters. The monoisotopic (exact) mass is 383 g/mol. The van der Waals surface area contributed by atoms with Gasteiger partial charge in [0.15, 0.2) is 5.96 Å². The molecule has 0 spiro atoms. The molecule has 1 aliphatic rings. The molecule has 1 aromatic rings. The van der Waals surface area contributed by atoms with Crippen molar-refractivity contribution in [3.05, 3.63) is 29.3 Å². The van der Waals surface area contributed by atoms with Gasteiger partial charge in [0.1, 0.15) is 12.4 Å². The summed E-state index contributed by atoms with van der Waals surface area (Å²) in [6, 6.07) is 7.38. The van der Waals surface area contributed by atoms with Crippen LogP contribution in [-0.2, 0) is 9.47 Å². The largest absolute Gasteiger partial charge is 0.492 e. The van der Waals surface area contributed by atoms with Gasteiger partial charge in [-0.1, -0.05) is 17.7 Å². The third kappa shape index (κ3) is 8.74. The van der Waals surface area contributed by atoms with E-state index in [1.54, 1.807) is 13.1 Å². The first kappa shape index (κ1) is 20.8. The van der Waals surface area contributed by atoms with E-state index < -0.39 is 0 Å². The fourth-order valence-electron chi connectivity index (χ4n) is 2.66. The highest BCUT2D eigenvalue weighted by Gasteiger charge is 2.13. The van der Waals surface area contributed by atoms with E-state index in [1.807, 2.05) is 18.2 Å². The minimum atomic E-state index is 0.537. The fraction of sp³-hybridized carbons (Fsp3) is 0.632. The average Bonchev–Trinajstić information content (AvgIpc) is 2.67. The average molecular weight is 384 g/mol. The van der Waals surface area contributed by atoms with E-state index in [1.165, 1.54) is 0 Å². The summed E-state index contributed by atoms with van der Waals surface area (Å²) in [4.78, 5) is 4.20. The highest BCUT2D eigenvalue weighted by atomic mass is 35.5. The lowest BCUT2D eigenvalue weighted by Crippen LogP contribution is -2.39. The number of hydrogen-bond donors (Lipinski definition) is 2. The van der Waals surface area contributed by atoms with Gasteiger partial charge >= 0.3 is 0 Å². The smallest absolute Gasteiger partial charge is 0.191 e. The summed E-state index contributed by atoms with van der Waals surface area (Å²) in [6.07, 6.45) is 3.18. The van der Waals surface area contributed by atoms with E-state index in [0.29, 0.717) is 24.1 Å². The fourth-order valence-corrected chi connectivity index (χ4v) is 2.84. The third-order valence-electron chi connectivity index (χ3n) is 4.14. The summed E-state index contributed by atoms with van der Waals surface area (Å²) in [7, 11) is 1.76. The number of aliphatic imine (C=N–C) groups is 1. The van der Waals surface area contributed by atoms with Gasteiger partial charge in [-0.15, -0.1) is 0 Å². The van der Waals surface area contributed by atoms with E-state index in [2.05, 4.69) is 15.6 Å². The van der Waals surface area contributed by atoms with Crippen LogP contribution in [0.4, 0.5) is 0 Å². The lowest BCUT2D eigenvalue weighted by atomic mass is 10.0. The number of guanidine groups is 1. The second kappa shape index (κ2) is 12.8. The zero-order chi connectivity index (χ0) is 18.5. The van der Waals surface area contributed by atoms with Gasteiger partial charge in [0, 0.05) is 45.0 Å². The molecule has 0 bridgehead atoms. The van der Waals surface area contributed by atoms with Crippen molar-refractivity contribution in [2.75, 3.05) is 53.2 Å². The predicted octanol–water partition coefficient (Wildman–Crippen LogP) is 2.72. The molecule has 6 nitrogen and oxygen atoms in total. The van der Waals surface area contributed by atoms with Crippen molar-refractivity contribution < 1.29 is 14.2 Å². The van der Waals surface area contributed by atoms with Crippen LogP contribution < -0.4 is 15.4 Å². The van der Waals surface area contributed by atoms with Gasteiger partial charge in [0.2, 0.25) is 0 Å². The molecule has 0 atom stereocenters. The highest BCUT2D eigenvalue weighted by molar-refractivity contribution is 6.30. The van der Waals surface area contributed by atoms with E-state index in [4.69, 9.17) is 25.8 Å². The second-order valence-corrected chi connectivity index (χ2v) is 6.65. The maximum absolute atomic E-state index is 5.93. The van der Waals surface area contributed by atoms with Crippen molar-refractivity contribution in [2.45, 2.75) is 19.3 Å². The molecule has 1 aromatic carbocycles. The molecule has 2 rings (SSSR count). The predicted molar refractivity (Wildman–Crippen MR) is 105 cm³/mol. The van der Waals surface area contributed by atoms with Crippen LogP contribution in [-0.4, -0.2) is 59.1 Å². The quantitative estimate of drug-likeness (QED) is 0.369. The van der Waals surface area contributed by atoms with E-state index in [0.717, 1.165) is 63.9 Å². The normalized spacial score (nSPS) is 15.7. The minimum Gasteiger partial charge on any atom is -0.492 e. The summed E-state index contributed by atoms with van der Waals surface area (Å²) < 4.78 is 16.8. The molecular formula is C19H30ClN3O3. The molecule has 0 aromatic heterocycles. The van der Waals surface area contributed by atoms with Gasteiger partial charge in [0.05, 0.1) is 6.54 Å². The molecule has 7 heteroatoms. The maximum Gasteiger partial charge on any atom is 0.191 e. The molecule has 0 amide bonds. The van der Waals surface area contributed by atoms with Crippen LogP contribution in [0.15, 0.2) is 29.3 Å². The van der Waals surface area contributed by atoms with Crippen LogP contribution in [0.1, 0.15) is 19.3 Å². The Morgan fingerprint density at radius 3 is 2.81 bits per heavy atom. The third-order valence-corrected chi connectivity index (χ3v) is 4.37. The van der Waals surface area contributed by atoms with Gasteiger partial charge < -0.3 is 24.8 Å². The van der Waals surface area contributed by atoms with Crippen LogP contribution in [0, 0.1) is 5.92 Å². The SMILES string of the molecule is CN=C(NCCCOCC1CCOCC1)NCCOc1cccc(Cl)c1. The molecule has 2 N–H and O–H groups in total. The van der Waals surface area contributed by atoms with Crippen molar-refractivity contribution in [1.29, 1.82) is 0 Å². The Bertz CT molecular complexity index is 537. The summed E-state index contributed by atoms with van der Waals surface area (Å²) in [5.74, 6) is 2.19. The summed E-state index contributed by atoms with van der Waals surface area (Å²) >= 11 is 5.93. The van der Waals surface area contributed by atoms with Crippen molar-refractivity contribution >= 4 is 17.6 Å². The number of nitrogens with one attached hydrogen (secondary N) is 2. The number of ether oxygens (including phenoxy) is 3.